The fraction of sp³-hybridized carbons (Fsp3) is 0.400. The molecule has 1 aromatic carbocycles. The smallest absolute Gasteiger partial charge is 0.327 e. The number of phenolic OH excluding ortho intramolecular Hbond substituents is 1. The van der Waals surface area contributed by atoms with Crippen LogP contribution in [0.5, 0.6) is 11.5 Å². The number of carbonyl (C=O) groups is 1. The second-order valence-electron chi connectivity index (χ2n) is 4.73. The number of phenols is 1. The van der Waals surface area contributed by atoms with E-state index in [4.69, 9.17) is 14.0 Å². The number of aromatic hydroxyl groups is 1. The number of hydrogen-bond acceptors (Lipinski definition) is 8. The number of methoxy groups -OCH3 is 2. The van der Waals surface area contributed by atoms with Crippen LogP contribution in [0.4, 0.5) is 0 Å². The van der Waals surface area contributed by atoms with Crippen LogP contribution in [0.3, 0.4) is 0 Å². The first-order valence-electron chi connectivity index (χ1n) is 7.08. The molecule has 2 rings (SSSR count). The molecule has 2 aromatic rings. The summed E-state index contributed by atoms with van der Waals surface area (Å²) < 4.78 is 14.8. The minimum Gasteiger partial charge on any atom is -0.504 e. The third kappa shape index (κ3) is 3.98. The van der Waals surface area contributed by atoms with Gasteiger partial charge in [0.15, 0.2) is 17.3 Å². The summed E-state index contributed by atoms with van der Waals surface area (Å²) in [6, 6.07) is 3.91. The molecule has 0 unspecified atom stereocenters. The van der Waals surface area contributed by atoms with Gasteiger partial charge in [0, 0.05) is 6.42 Å². The van der Waals surface area contributed by atoms with E-state index in [0.29, 0.717) is 29.4 Å². The Bertz CT molecular complexity index is 671. The molecule has 124 valence electrons. The lowest BCUT2D eigenvalue weighted by Gasteiger charge is -2.16. The van der Waals surface area contributed by atoms with Crippen molar-refractivity contribution < 1.29 is 23.9 Å². The fourth-order valence-corrected chi connectivity index (χ4v) is 2.04. The Morgan fingerprint density at radius 1 is 1.43 bits per heavy atom. The molecule has 8 nitrogen and oxygen atoms in total. The lowest BCUT2D eigenvalue weighted by molar-refractivity contribution is -0.143. The number of aromatic nitrogens is 2. The Morgan fingerprint density at radius 2 is 2.22 bits per heavy atom. The number of rotatable bonds is 7. The van der Waals surface area contributed by atoms with Gasteiger partial charge in [-0.05, 0) is 17.7 Å². The summed E-state index contributed by atoms with van der Waals surface area (Å²) in [5, 5.41) is 16.7. The average Bonchev–Trinajstić information content (AvgIpc) is 3.03. The predicted molar refractivity (Wildman–Crippen MR) is 79.9 cm³/mol. The van der Waals surface area contributed by atoms with Gasteiger partial charge in [-0.25, -0.2) is 4.79 Å². The van der Waals surface area contributed by atoms with Crippen molar-refractivity contribution in [3.63, 3.8) is 0 Å². The summed E-state index contributed by atoms with van der Waals surface area (Å²) >= 11 is 0. The molecule has 0 radical (unpaired) electrons. The lowest BCUT2D eigenvalue weighted by Crippen LogP contribution is -2.29. The van der Waals surface area contributed by atoms with Crippen molar-refractivity contribution in [3.05, 3.63) is 35.5 Å². The Hall–Kier alpha value is -2.61. The van der Waals surface area contributed by atoms with Crippen LogP contribution in [0.2, 0.25) is 0 Å². The monoisotopic (exact) mass is 321 g/mol. The largest absolute Gasteiger partial charge is 0.504 e. The molecular weight excluding hydrogens is 302 g/mol. The summed E-state index contributed by atoms with van der Waals surface area (Å²) in [4.78, 5) is 16.2. The number of ether oxygens (including phenoxy) is 2. The number of nitrogens with one attached hydrogen (secondary N) is 1. The van der Waals surface area contributed by atoms with Gasteiger partial charge in [0.2, 0.25) is 5.89 Å². The third-order valence-corrected chi connectivity index (χ3v) is 3.25. The molecule has 8 heteroatoms. The summed E-state index contributed by atoms with van der Waals surface area (Å²) in [6.45, 7) is 2.12. The van der Waals surface area contributed by atoms with Gasteiger partial charge in [0.1, 0.15) is 6.04 Å². The molecule has 0 aliphatic heterocycles. The highest BCUT2D eigenvalue weighted by atomic mass is 16.5. The predicted octanol–water partition coefficient (Wildman–Crippen LogP) is 1.35. The van der Waals surface area contributed by atoms with Crippen molar-refractivity contribution in [1.29, 1.82) is 0 Å². The van der Waals surface area contributed by atoms with E-state index in [0.717, 1.165) is 0 Å². The van der Waals surface area contributed by atoms with Crippen LogP contribution in [0.1, 0.15) is 30.2 Å². The number of benzene rings is 1. The van der Waals surface area contributed by atoms with E-state index in [1.165, 1.54) is 20.3 Å². The van der Waals surface area contributed by atoms with E-state index in [9.17, 15) is 9.90 Å². The highest BCUT2D eigenvalue weighted by Crippen LogP contribution is 2.29. The minimum atomic E-state index is -0.777. The van der Waals surface area contributed by atoms with Crippen molar-refractivity contribution >= 4 is 5.97 Å². The molecule has 0 saturated heterocycles. The molecule has 1 atom stereocenters. The zero-order valence-electron chi connectivity index (χ0n) is 13.2. The number of hydrogen-bond donors (Lipinski definition) is 2. The van der Waals surface area contributed by atoms with Crippen molar-refractivity contribution in [3.8, 4) is 11.5 Å². The fourth-order valence-electron chi connectivity index (χ4n) is 2.04. The summed E-state index contributed by atoms with van der Waals surface area (Å²) in [5.74, 6) is 0.734. The molecule has 0 bridgehead atoms. The van der Waals surface area contributed by atoms with Crippen molar-refractivity contribution in [2.45, 2.75) is 25.9 Å². The highest BCUT2D eigenvalue weighted by Gasteiger charge is 2.23. The van der Waals surface area contributed by atoms with Crippen LogP contribution in [-0.4, -0.2) is 35.4 Å². The van der Waals surface area contributed by atoms with Crippen molar-refractivity contribution in [1.82, 2.24) is 15.5 Å². The molecule has 23 heavy (non-hydrogen) atoms. The van der Waals surface area contributed by atoms with E-state index >= 15 is 0 Å². The zero-order chi connectivity index (χ0) is 16.8. The summed E-state index contributed by atoms with van der Waals surface area (Å²) in [5.41, 5.74) is 0.536. The normalized spacial score (nSPS) is 12.0. The van der Waals surface area contributed by atoms with Gasteiger partial charge in [-0.15, -0.1) is 0 Å². The van der Waals surface area contributed by atoms with Crippen LogP contribution in [0.25, 0.3) is 0 Å². The van der Waals surface area contributed by atoms with Crippen LogP contribution in [0.15, 0.2) is 22.7 Å². The molecule has 1 heterocycles. The highest BCUT2D eigenvalue weighted by molar-refractivity contribution is 5.77. The van der Waals surface area contributed by atoms with Gasteiger partial charge in [-0.3, -0.25) is 5.32 Å². The topological polar surface area (TPSA) is 107 Å². The van der Waals surface area contributed by atoms with E-state index in [2.05, 4.69) is 15.5 Å². The molecule has 0 saturated carbocycles. The first-order chi connectivity index (χ1) is 11.1. The first-order valence-corrected chi connectivity index (χ1v) is 7.08. The van der Waals surface area contributed by atoms with Crippen LogP contribution >= 0.6 is 0 Å². The molecule has 0 aliphatic carbocycles. The second-order valence-corrected chi connectivity index (χ2v) is 4.73. The van der Waals surface area contributed by atoms with Gasteiger partial charge in [-0.1, -0.05) is 18.1 Å². The SMILES string of the molecule is CCc1nc(CN[C@H](C(=O)OC)c2ccc(OC)c(O)c2)no1. The number of nitrogens with zero attached hydrogens (tertiary/aromatic N) is 2. The Morgan fingerprint density at radius 3 is 2.78 bits per heavy atom. The molecule has 0 fully saturated rings. The van der Waals surface area contributed by atoms with Crippen LogP contribution < -0.4 is 10.1 Å². The minimum absolute atomic E-state index is 0.0615. The average molecular weight is 321 g/mol. The van der Waals surface area contributed by atoms with Crippen LogP contribution in [-0.2, 0) is 22.5 Å². The quantitative estimate of drug-likeness (QED) is 0.736. The van der Waals surface area contributed by atoms with Crippen molar-refractivity contribution in [2.75, 3.05) is 14.2 Å². The molecule has 1 aromatic heterocycles. The molecule has 2 N–H and O–H groups in total. The van der Waals surface area contributed by atoms with E-state index < -0.39 is 12.0 Å². The van der Waals surface area contributed by atoms with Gasteiger partial charge < -0.3 is 19.1 Å². The number of carbonyl (C=O) groups excluding carboxylic acids is 1. The zero-order valence-corrected chi connectivity index (χ0v) is 13.2. The molecule has 0 aliphatic rings. The Kier molecular flexibility index (Phi) is 5.53. The summed E-state index contributed by atoms with van der Waals surface area (Å²) in [7, 11) is 2.75. The molecule has 0 amide bonds. The van der Waals surface area contributed by atoms with E-state index in [-0.39, 0.29) is 12.3 Å². The lowest BCUT2D eigenvalue weighted by atomic mass is 10.1. The summed E-state index contributed by atoms with van der Waals surface area (Å²) in [6.07, 6.45) is 0.639. The second kappa shape index (κ2) is 7.59. The van der Waals surface area contributed by atoms with Gasteiger partial charge in [0.05, 0.1) is 20.8 Å². The van der Waals surface area contributed by atoms with Gasteiger partial charge in [-0.2, -0.15) is 4.98 Å². The standard InChI is InChI=1S/C15H19N3O5/c1-4-13-17-12(18-23-13)8-16-14(15(20)22-3)9-5-6-11(21-2)10(19)7-9/h5-7,14,16,19H,4,8H2,1-3H3/t14-/m0/s1. The number of aryl methyl sites for hydroxylation is 1. The van der Waals surface area contributed by atoms with Gasteiger partial charge in [0.25, 0.3) is 0 Å². The maximum Gasteiger partial charge on any atom is 0.327 e. The van der Waals surface area contributed by atoms with E-state index in [1.54, 1.807) is 12.1 Å². The first kappa shape index (κ1) is 16.8. The van der Waals surface area contributed by atoms with Crippen LogP contribution in [0, 0.1) is 0 Å². The maximum absolute atomic E-state index is 12.0. The molecule has 0 spiro atoms. The molecular formula is C15H19N3O5. The Labute approximate surface area is 133 Å². The van der Waals surface area contributed by atoms with Gasteiger partial charge >= 0.3 is 5.97 Å². The van der Waals surface area contributed by atoms with E-state index in [1.807, 2.05) is 6.92 Å². The maximum atomic E-state index is 12.0. The number of esters is 1. The van der Waals surface area contributed by atoms with Crippen molar-refractivity contribution in [2.24, 2.45) is 0 Å². The Balaban J connectivity index is 2.16. The third-order valence-electron chi connectivity index (χ3n) is 3.25.